The Morgan fingerprint density at radius 3 is 2.79 bits per heavy atom. The molecule has 1 N–H and O–H groups in total. The van der Waals surface area contributed by atoms with E-state index in [9.17, 15) is 9.59 Å². The molecule has 0 aromatic carbocycles. The lowest BCUT2D eigenvalue weighted by atomic mass is 10.1. The van der Waals surface area contributed by atoms with Crippen LogP contribution in [0.5, 0.6) is 0 Å². The monoisotopic (exact) mass is 325 g/mol. The molecule has 1 aliphatic heterocycles. The first-order chi connectivity index (χ1) is 11.5. The third-order valence-electron chi connectivity index (χ3n) is 3.97. The maximum atomic E-state index is 12.7. The molecule has 3 rings (SSSR count). The number of aromatic nitrogens is 3. The highest BCUT2D eigenvalue weighted by atomic mass is 16.2. The molecule has 0 saturated carbocycles. The van der Waals surface area contributed by atoms with Crippen molar-refractivity contribution in [2.75, 3.05) is 18.4 Å². The van der Waals surface area contributed by atoms with Gasteiger partial charge in [-0.1, -0.05) is 0 Å². The Hall–Kier alpha value is -2.83. The molecule has 1 saturated heterocycles. The number of nitrogens with zero attached hydrogens (tertiary/aromatic N) is 4. The summed E-state index contributed by atoms with van der Waals surface area (Å²) in [5.41, 5.74) is 1.44. The third-order valence-corrected chi connectivity index (χ3v) is 3.97. The molecule has 124 valence electrons. The summed E-state index contributed by atoms with van der Waals surface area (Å²) in [6.07, 6.45) is 4.12. The lowest BCUT2D eigenvalue weighted by Crippen LogP contribution is -2.28. The Morgan fingerprint density at radius 2 is 2.04 bits per heavy atom. The number of anilines is 1. The van der Waals surface area contributed by atoms with Crippen LogP contribution in [0.25, 0.3) is 0 Å². The van der Waals surface area contributed by atoms with E-state index in [1.165, 1.54) is 13.1 Å². The van der Waals surface area contributed by atoms with Crippen LogP contribution in [0.3, 0.4) is 0 Å². The van der Waals surface area contributed by atoms with Crippen LogP contribution in [0.4, 0.5) is 5.82 Å². The highest BCUT2D eigenvalue weighted by Gasteiger charge is 2.29. The number of hydrogen-bond donors (Lipinski definition) is 1. The van der Waals surface area contributed by atoms with Gasteiger partial charge in [-0.3, -0.25) is 9.59 Å². The van der Waals surface area contributed by atoms with Crippen molar-refractivity contribution < 1.29 is 9.59 Å². The number of hydrogen-bond acceptors (Lipinski definition) is 5. The van der Waals surface area contributed by atoms with Crippen LogP contribution in [-0.2, 0) is 4.79 Å². The van der Waals surface area contributed by atoms with E-state index in [4.69, 9.17) is 0 Å². The normalized spacial score (nSPS) is 16.9. The molecule has 2 amide bonds. The first kappa shape index (κ1) is 16.0. The van der Waals surface area contributed by atoms with Gasteiger partial charge in [-0.2, -0.15) is 0 Å². The van der Waals surface area contributed by atoms with E-state index < -0.39 is 0 Å². The first-order valence-corrected chi connectivity index (χ1v) is 7.85. The molecule has 2 aromatic heterocycles. The highest BCUT2D eigenvalue weighted by molar-refractivity contribution is 5.96. The predicted octanol–water partition coefficient (Wildman–Crippen LogP) is 1.77. The van der Waals surface area contributed by atoms with E-state index in [1.807, 2.05) is 13.0 Å². The molecule has 0 radical (unpaired) electrons. The van der Waals surface area contributed by atoms with Crippen molar-refractivity contribution in [3.8, 4) is 0 Å². The van der Waals surface area contributed by atoms with E-state index in [2.05, 4.69) is 20.3 Å². The number of carbonyl (C=O) groups excluding carboxylic acids is 2. The van der Waals surface area contributed by atoms with Gasteiger partial charge in [0.1, 0.15) is 11.6 Å². The van der Waals surface area contributed by atoms with Crippen LogP contribution in [0.2, 0.25) is 0 Å². The van der Waals surface area contributed by atoms with E-state index in [1.54, 1.807) is 23.2 Å². The minimum Gasteiger partial charge on any atom is -0.338 e. The van der Waals surface area contributed by atoms with Crippen molar-refractivity contribution in [3.05, 3.63) is 47.7 Å². The number of rotatable bonds is 3. The quantitative estimate of drug-likeness (QED) is 0.929. The number of amides is 2. The van der Waals surface area contributed by atoms with Gasteiger partial charge in [0.2, 0.25) is 5.91 Å². The number of aryl methyl sites for hydroxylation is 1. The summed E-state index contributed by atoms with van der Waals surface area (Å²) in [6.45, 7) is 4.60. The molecule has 7 heteroatoms. The second-order valence-corrected chi connectivity index (χ2v) is 5.90. The minimum atomic E-state index is -0.218. The molecule has 3 heterocycles. The van der Waals surface area contributed by atoms with Crippen LogP contribution in [0.15, 0.2) is 30.6 Å². The van der Waals surface area contributed by atoms with Gasteiger partial charge in [0, 0.05) is 49.6 Å². The minimum absolute atomic E-state index is 0.0702. The van der Waals surface area contributed by atoms with Gasteiger partial charge in [-0.15, -0.1) is 0 Å². The molecule has 7 nitrogen and oxygen atoms in total. The zero-order valence-corrected chi connectivity index (χ0v) is 13.7. The zero-order valence-electron chi connectivity index (χ0n) is 13.7. The summed E-state index contributed by atoms with van der Waals surface area (Å²) < 4.78 is 0. The van der Waals surface area contributed by atoms with E-state index in [0.29, 0.717) is 24.5 Å². The second-order valence-electron chi connectivity index (χ2n) is 5.90. The lowest BCUT2D eigenvalue weighted by Gasteiger charge is -2.16. The van der Waals surface area contributed by atoms with E-state index >= 15 is 0 Å². The fourth-order valence-corrected chi connectivity index (χ4v) is 2.82. The van der Waals surface area contributed by atoms with Gasteiger partial charge in [-0.25, -0.2) is 15.0 Å². The van der Waals surface area contributed by atoms with Gasteiger partial charge in [0.05, 0.1) is 0 Å². The summed E-state index contributed by atoms with van der Waals surface area (Å²) >= 11 is 0. The molecular weight excluding hydrogens is 306 g/mol. The van der Waals surface area contributed by atoms with Gasteiger partial charge in [0.25, 0.3) is 5.91 Å². The molecule has 0 spiro atoms. The Balaban J connectivity index is 1.71. The Kier molecular flexibility index (Phi) is 4.50. The maximum absolute atomic E-state index is 12.7. The lowest BCUT2D eigenvalue weighted by molar-refractivity contribution is -0.114. The second kappa shape index (κ2) is 6.74. The number of pyridine rings is 1. The van der Waals surface area contributed by atoms with Crippen molar-refractivity contribution in [3.63, 3.8) is 0 Å². The number of likely N-dealkylation sites (tertiary alicyclic amines) is 1. The SMILES string of the molecule is CC(=O)Nc1cc(C(=O)N2CC[C@H](c3nccc(C)n3)C2)ccn1. The fraction of sp³-hybridized carbons (Fsp3) is 0.353. The molecular formula is C17H19N5O2. The van der Waals surface area contributed by atoms with Crippen LogP contribution in [0, 0.1) is 6.92 Å². The molecule has 1 fully saturated rings. The summed E-state index contributed by atoms with van der Waals surface area (Å²) in [5, 5.41) is 2.59. The van der Waals surface area contributed by atoms with Crippen LogP contribution < -0.4 is 5.32 Å². The predicted molar refractivity (Wildman–Crippen MR) is 88.6 cm³/mol. The molecule has 0 aliphatic carbocycles. The molecule has 2 aromatic rings. The molecule has 0 unspecified atom stereocenters. The van der Waals surface area contributed by atoms with Gasteiger partial charge < -0.3 is 10.2 Å². The standard InChI is InChI=1S/C17H19N5O2/c1-11-3-6-19-16(20-11)14-5-8-22(10-14)17(24)13-4-7-18-15(9-13)21-12(2)23/h3-4,6-7,9,14H,5,8,10H2,1-2H3,(H,18,21,23)/t14-/m0/s1. The Labute approximate surface area is 140 Å². The fourth-order valence-electron chi connectivity index (χ4n) is 2.82. The summed E-state index contributed by atoms with van der Waals surface area (Å²) in [5.74, 6) is 1.04. The van der Waals surface area contributed by atoms with Gasteiger partial charge in [0.15, 0.2) is 0 Å². The molecule has 24 heavy (non-hydrogen) atoms. The summed E-state index contributed by atoms with van der Waals surface area (Å²) in [7, 11) is 0. The largest absolute Gasteiger partial charge is 0.338 e. The van der Waals surface area contributed by atoms with Crippen LogP contribution >= 0.6 is 0 Å². The van der Waals surface area contributed by atoms with Crippen molar-refractivity contribution in [1.82, 2.24) is 19.9 Å². The smallest absolute Gasteiger partial charge is 0.254 e. The number of carbonyl (C=O) groups is 2. The van der Waals surface area contributed by atoms with Crippen molar-refractivity contribution in [1.29, 1.82) is 0 Å². The highest BCUT2D eigenvalue weighted by Crippen LogP contribution is 2.26. The van der Waals surface area contributed by atoms with Gasteiger partial charge >= 0.3 is 0 Å². The Morgan fingerprint density at radius 1 is 1.25 bits per heavy atom. The van der Waals surface area contributed by atoms with E-state index in [-0.39, 0.29) is 17.7 Å². The van der Waals surface area contributed by atoms with Crippen molar-refractivity contribution >= 4 is 17.6 Å². The zero-order chi connectivity index (χ0) is 17.1. The van der Waals surface area contributed by atoms with E-state index in [0.717, 1.165) is 17.9 Å². The van der Waals surface area contributed by atoms with Crippen LogP contribution in [-0.4, -0.2) is 44.8 Å². The molecule has 0 bridgehead atoms. The van der Waals surface area contributed by atoms with Gasteiger partial charge in [-0.05, 0) is 31.5 Å². The average Bonchev–Trinajstić information content (AvgIpc) is 3.04. The summed E-state index contributed by atoms with van der Waals surface area (Å²) in [6, 6.07) is 5.12. The number of nitrogens with one attached hydrogen (secondary N) is 1. The molecule has 1 aliphatic rings. The average molecular weight is 325 g/mol. The molecule has 1 atom stereocenters. The van der Waals surface area contributed by atoms with Crippen molar-refractivity contribution in [2.45, 2.75) is 26.2 Å². The van der Waals surface area contributed by atoms with Crippen LogP contribution in [0.1, 0.15) is 41.1 Å². The van der Waals surface area contributed by atoms with Crippen molar-refractivity contribution in [2.24, 2.45) is 0 Å². The third kappa shape index (κ3) is 3.56. The maximum Gasteiger partial charge on any atom is 0.254 e. The Bertz CT molecular complexity index is 777. The topological polar surface area (TPSA) is 88.1 Å². The summed E-state index contributed by atoms with van der Waals surface area (Å²) in [4.78, 5) is 38.4. The first-order valence-electron chi connectivity index (χ1n) is 7.85.